The SMILES string of the molecule is CCCCCCCC(CCCCCC)NC(=O)CCCN1C(=O)CC(SCCCC(=N)C(CCC)CCCCC)C1=O. The maximum Gasteiger partial charge on any atom is 0.242 e. The normalized spacial score (nSPS) is 16.7. The first-order valence-electron chi connectivity index (χ1n) is 17.7. The van der Waals surface area contributed by atoms with E-state index < -0.39 is 0 Å². The van der Waals surface area contributed by atoms with Crippen molar-refractivity contribution >= 4 is 35.2 Å². The second-order valence-corrected chi connectivity index (χ2v) is 13.8. The van der Waals surface area contributed by atoms with Gasteiger partial charge in [0, 0.05) is 31.1 Å². The van der Waals surface area contributed by atoms with E-state index in [4.69, 9.17) is 5.41 Å². The molecule has 3 amide bonds. The average molecular weight is 608 g/mol. The smallest absolute Gasteiger partial charge is 0.242 e. The first-order chi connectivity index (χ1) is 20.4. The van der Waals surface area contributed by atoms with Gasteiger partial charge in [-0.25, -0.2) is 0 Å². The third kappa shape index (κ3) is 17.1. The van der Waals surface area contributed by atoms with Gasteiger partial charge in [0.2, 0.25) is 17.7 Å². The van der Waals surface area contributed by atoms with E-state index in [-0.39, 0.29) is 35.4 Å². The van der Waals surface area contributed by atoms with E-state index in [1.807, 2.05) is 0 Å². The molecule has 3 atom stereocenters. The minimum Gasteiger partial charge on any atom is -0.353 e. The maximum absolute atomic E-state index is 12.9. The highest BCUT2D eigenvalue weighted by atomic mass is 32.2. The fraction of sp³-hybridized carbons (Fsp3) is 0.886. The Morgan fingerprint density at radius 2 is 1.38 bits per heavy atom. The Balaban J connectivity index is 2.39. The van der Waals surface area contributed by atoms with Crippen molar-refractivity contribution < 1.29 is 14.4 Å². The van der Waals surface area contributed by atoms with Crippen LogP contribution >= 0.6 is 11.8 Å². The fourth-order valence-electron chi connectivity index (χ4n) is 5.99. The zero-order valence-electron chi connectivity index (χ0n) is 27.8. The highest BCUT2D eigenvalue weighted by Crippen LogP contribution is 2.27. The second-order valence-electron chi connectivity index (χ2n) is 12.5. The van der Waals surface area contributed by atoms with Gasteiger partial charge >= 0.3 is 0 Å². The minimum atomic E-state index is -0.309. The van der Waals surface area contributed by atoms with Crippen LogP contribution in [0.2, 0.25) is 0 Å². The molecule has 0 radical (unpaired) electrons. The molecule has 1 aliphatic rings. The van der Waals surface area contributed by atoms with E-state index in [0.29, 0.717) is 25.3 Å². The Kier molecular flexibility index (Phi) is 23.0. The lowest BCUT2D eigenvalue weighted by Crippen LogP contribution is -2.36. The molecule has 1 rings (SSSR count). The number of carbonyl (C=O) groups is 3. The van der Waals surface area contributed by atoms with Crippen LogP contribution in [0.5, 0.6) is 0 Å². The number of hydrogen-bond acceptors (Lipinski definition) is 5. The molecule has 0 saturated carbocycles. The molecule has 1 heterocycles. The Labute approximate surface area is 263 Å². The summed E-state index contributed by atoms with van der Waals surface area (Å²) in [5, 5.41) is 11.5. The van der Waals surface area contributed by atoms with Crippen LogP contribution in [-0.2, 0) is 14.4 Å². The molecule has 0 spiro atoms. The summed E-state index contributed by atoms with van der Waals surface area (Å²) in [5.74, 6) is 1.05. The van der Waals surface area contributed by atoms with Crippen molar-refractivity contribution in [1.29, 1.82) is 5.41 Å². The van der Waals surface area contributed by atoms with Gasteiger partial charge in [0.25, 0.3) is 0 Å². The number of likely N-dealkylation sites (tertiary alicyclic amines) is 1. The Bertz CT molecular complexity index is 760. The molecule has 0 aromatic carbocycles. The summed E-state index contributed by atoms with van der Waals surface area (Å²) in [4.78, 5) is 39.7. The number of hydrogen-bond donors (Lipinski definition) is 2. The summed E-state index contributed by atoms with van der Waals surface area (Å²) in [6.07, 6.45) is 22.9. The van der Waals surface area contributed by atoms with E-state index in [9.17, 15) is 14.4 Å². The van der Waals surface area contributed by atoms with Gasteiger partial charge in [0.05, 0.1) is 5.25 Å². The molecule has 1 aliphatic heterocycles. The second kappa shape index (κ2) is 25.0. The summed E-state index contributed by atoms with van der Waals surface area (Å²) in [6.45, 7) is 9.19. The summed E-state index contributed by atoms with van der Waals surface area (Å²) in [7, 11) is 0. The lowest BCUT2D eigenvalue weighted by atomic mass is 9.90. The molecule has 3 unspecified atom stereocenters. The van der Waals surface area contributed by atoms with Crippen LogP contribution in [0.1, 0.15) is 169 Å². The molecule has 244 valence electrons. The lowest BCUT2D eigenvalue weighted by Gasteiger charge is -2.20. The molecule has 2 N–H and O–H groups in total. The van der Waals surface area contributed by atoms with Gasteiger partial charge in [-0.15, -0.1) is 11.8 Å². The van der Waals surface area contributed by atoms with E-state index in [0.717, 1.165) is 69.3 Å². The van der Waals surface area contributed by atoms with Gasteiger partial charge in [-0.1, -0.05) is 111 Å². The van der Waals surface area contributed by atoms with Crippen molar-refractivity contribution in [3.8, 4) is 0 Å². The molecule has 7 heteroatoms. The van der Waals surface area contributed by atoms with Gasteiger partial charge in [0.1, 0.15) is 0 Å². The van der Waals surface area contributed by atoms with Gasteiger partial charge in [0.15, 0.2) is 0 Å². The Morgan fingerprint density at radius 3 is 2.02 bits per heavy atom. The standard InChI is InChI=1S/C35H65N3O3S/c1-5-9-12-14-17-23-30(22-16-13-10-6-2)37-33(39)25-18-26-38-34(40)28-32(35(38)41)42-27-19-24-31(36)29(20-8-4)21-15-11-7-3/h29-30,32,36H,5-28H2,1-4H3,(H,37,39). The quantitative estimate of drug-likeness (QED) is 0.0527. The number of rotatable bonds is 28. The molecular formula is C35H65N3O3S. The van der Waals surface area contributed by atoms with E-state index in [1.165, 1.54) is 69.1 Å². The summed E-state index contributed by atoms with van der Waals surface area (Å²) >= 11 is 1.57. The molecule has 0 aromatic heterocycles. The van der Waals surface area contributed by atoms with Crippen molar-refractivity contribution in [2.45, 2.75) is 180 Å². The first kappa shape index (κ1) is 38.7. The van der Waals surface area contributed by atoms with Crippen molar-refractivity contribution in [3.05, 3.63) is 0 Å². The number of unbranched alkanes of at least 4 members (excludes halogenated alkanes) is 9. The van der Waals surface area contributed by atoms with E-state index >= 15 is 0 Å². The Morgan fingerprint density at radius 1 is 0.786 bits per heavy atom. The van der Waals surface area contributed by atoms with Crippen LogP contribution in [0.25, 0.3) is 0 Å². The summed E-state index contributed by atoms with van der Waals surface area (Å²) < 4.78 is 0. The largest absolute Gasteiger partial charge is 0.353 e. The molecule has 0 aromatic rings. The van der Waals surface area contributed by atoms with Crippen LogP contribution < -0.4 is 5.32 Å². The predicted molar refractivity (Wildman–Crippen MR) is 180 cm³/mol. The number of imide groups is 1. The van der Waals surface area contributed by atoms with Crippen molar-refractivity contribution in [3.63, 3.8) is 0 Å². The topological polar surface area (TPSA) is 90.3 Å². The molecule has 6 nitrogen and oxygen atoms in total. The molecule has 1 saturated heterocycles. The van der Waals surface area contributed by atoms with E-state index in [1.54, 1.807) is 11.8 Å². The molecule has 0 aliphatic carbocycles. The number of nitrogens with zero attached hydrogens (tertiary/aromatic N) is 1. The fourth-order valence-corrected chi connectivity index (χ4v) is 7.12. The van der Waals surface area contributed by atoms with Gasteiger partial charge in [-0.3, -0.25) is 19.3 Å². The molecular weight excluding hydrogens is 542 g/mol. The monoisotopic (exact) mass is 607 g/mol. The van der Waals surface area contributed by atoms with Crippen molar-refractivity contribution in [1.82, 2.24) is 10.2 Å². The minimum absolute atomic E-state index is 0.0487. The zero-order chi connectivity index (χ0) is 31.0. The zero-order valence-corrected chi connectivity index (χ0v) is 28.6. The van der Waals surface area contributed by atoms with E-state index in [2.05, 4.69) is 33.0 Å². The third-order valence-corrected chi connectivity index (χ3v) is 9.91. The first-order valence-corrected chi connectivity index (χ1v) is 18.7. The molecule has 0 bridgehead atoms. The van der Waals surface area contributed by atoms with Gasteiger partial charge in [-0.2, -0.15) is 0 Å². The van der Waals surface area contributed by atoms with Crippen LogP contribution in [0, 0.1) is 11.3 Å². The summed E-state index contributed by atoms with van der Waals surface area (Å²) in [6, 6.07) is 0.238. The highest BCUT2D eigenvalue weighted by Gasteiger charge is 2.38. The highest BCUT2D eigenvalue weighted by molar-refractivity contribution is 8.00. The van der Waals surface area contributed by atoms with Crippen LogP contribution in [0.4, 0.5) is 0 Å². The maximum atomic E-state index is 12.9. The van der Waals surface area contributed by atoms with Crippen molar-refractivity contribution in [2.24, 2.45) is 5.92 Å². The van der Waals surface area contributed by atoms with Crippen LogP contribution in [0.3, 0.4) is 0 Å². The lowest BCUT2D eigenvalue weighted by molar-refractivity contribution is -0.138. The number of thioether (sulfide) groups is 1. The molecule has 1 fully saturated rings. The third-order valence-electron chi connectivity index (χ3n) is 8.61. The average Bonchev–Trinajstić information content (AvgIpc) is 3.24. The van der Waals surface area contributed by atoms with Gasteiger partial charge < -0.3 is 10.7 Å². The predicted octanol–water partition coefficient (Wildman–Crippen LogP) is 9.24. The summed E-state index contributed by atoms with van der Waals surface area (Å²) in [5.41, 5.74) is 0.863. The number of nitrogens with one attached hydrogen (secondary N) is 2. The molecule has 42 heavy (non-hydrogen) atoms. The number of amides is 3. The van der Waals surface area contributed by atoms with Crippen LogP contribution in [-0.4, -0.2) is 51.9 Å². The Hall–Kier alpha value is -1.37. The van der Waals surface area contributed by atoms with Crippen LogP contribution in [0.15, 0.2) is 0 Å². The van der Waals surface area contributed by atoms with Crippen molar-refractivity contribution in [2.75, 3.05) is 12.3 Å². The van der Waals surface area contributed by atoms with Gasteiger partial charge in [-0.05, 0) is 56.6 Å². The number of carbonyl (C=O) groups excluding carboxylic acids is 3.